The van der Waals surface area contributed by atoms with Gasteiger partial charge in [-0.25, -0.2) is 4.98 Å². The second-order valence-corrected chi connectivity index (χ2v) is 12.5. The Labute approximate surface area is 136 Å². The van der Waals surface area contributed by atoms with Gasteiger partial charge >= 0.3 is 0 Å². The largest absolute Gasteiger partial charge is 0.405 e. The Morgan fingerprint density at radius 3 is 2.62 bits per heavy atom. The van der Waals surface area contributed by atoms with E-state index in [9.17, 15) is 4.79 Å². The lowest BCUT2D eigenvalue weighted by Gasteiger charge is -2.37. The first-order valence-corrected chi connectivity index (χ1v) is 10.9. The van der Waals surface area contributed by atoms with Gasteiger partial charge in [-0.3, -0.25) is 9.69 Å². The number of amides is 1. The summed E-state index contributed by atoms with van der Waals surface area (Å²) in [6.07, 6.45) is 0.408. The molecule has 0 unspecified atom stereocenters. The third-order valence-corrected chi connectivity index (χ3v) is 9.30. The maximum absolute atomic E-state index is 12.6. The molecule has 0 aromatic carbocycles. The zero-order valence-electron chi connectivity index (χ0n) is 13.3. The highest BCUT2D eigenvalue weighted by Gasteiger charge is 2.43. The molecule has 1 atom stereocenters. The van der Waals surface area contributed by atoms with Crippen LogP contribution in [-0.4, -0.2) is 31.9 Å². The SMILES string of the molecule is CC(C)(C)[Si](C)(C)O[C@H]1CCN(c2cccc(Br)n2)C1=O. The zero-order valence-corrected chi connectivity index (χ0v) is 15.9. The molecular formula is C15H23BrN2O2Si. The third kappa shape index (κ3) is 3.55. The topological polar surface area (TPSA) is 42.4 Å². The Bertz CT molecular complexity index is 543. The molecule has 1 aromatic rings. The fourth-order valence-electron chi connectivity index (χ4n) is 2.07. The lowest BCUT2D eigenvalue weighted by molar-refractivity contribution is -0.123. The van der Waals surface area contributed by atoms with E-state index in [-0.39, 0.29) is 17.0 Å². The summed E-state index contributed by atoms with van der Waals surface area (Å²) < 4.78 is 7.00. The van der Waals surface area contributed by atoms with Crippen LogP contribution < -0.4 is 4.90 Å². The molecule has 2 heterocycles. The number of pyridine rings is 1. The Morgan fingerprint density at radius 1 is 1.38 bits per heavy atom. The Balaban J connectivity index is 2.12. The average molecular weight is 371 g/mol. The minimum atomic E-state index is -1.93. The molecule has 0 aliphatic carbocycles. The van der Waals surface area contributed by atoms with Gasteiger partial charge in [-0.2, -0.15) is 0 Å². The van der Waals surface area contributed by atoms with Crippen LogP contribution in [0.25, 0.3) is 0 Å². The minimum absolute atomic E-state index is 0.0328. The highest BCUT2D eigenvalue weighted by molar-refractivity contribution is 9.10. The molecule has 1 aromatic heterocycles. The van der Waals surface area contributed by atoms with E-state index in [4.69, 9.17) is 4.43 Å². The maximum atomic E-state index is 12.6. The first kappa shape index (κ1) is 16.6. The second-order valence-electron chi connectivity index (χ2n) is 6.96. The number of carbonyl (C=O) groups is 1. The van der Waals surface area contributed by atoms with Crippen LogP contribution in [0.15, 0.2) is 22.8 Å². The number of rotatable bonds is 3. The van der Waals surface area contributed by atoms with Crippen molar-refractivity contribution >= 4 is 36.0 Å². The van der Waals surface area contributed by atoms with E-state index < -0.39 is 8.32 Å². The molecule has 0 N–H and O–H groups in total. The van der Waals surface area contributed by atoms with Crippen LogP contribution in [0, 0.1) is 0 Å². The molecule has 0 saturated carbocycles. The average Bonchev–Trinajstić information content (AvgIpc) is 2.69. The molecule has 4 nitrogen and oxygen atoms in total. The van der Waals surface area contributed by atoms with Crippen LogP contribution in [0.2, 0.25) is 18.1 Å². The molecule has 116 valence electrons. The van der Waals surface area contributed by atoms with Gasteiger partial charge < -0.3 is 4.43 Å². The Kier molecular flexibility index (Phi) is 4.61. The van der Waals surface area contributed by atoms with Crippen molar-refractivity contribution in [2.75, 3.05) is 11.4 Å². The van der Waals surface area contributed by atoms with Crippen molar-refractivity contribution in [2.24, 2.45) is 0 Å². The summed E-state index contributed by atoms with van der Waals surface area (Å²) in [7, 11) is -1.93. The van der Waals surface area contributed by atoms with Crippen molar-refractivity contribution in [1.82, 2.24) is 4.98 Å². The summed E-state index contributed by atoms with van der Waals surface area (Å²) >= 11 is 3.35. The number of hydrogen-bond donors (Lipinski definition) is 0. The third-order valence-electron chi connectivity index (χ3n) is 4.38. The molecule has 21 heavy (non-hydrogen) atoms. The van der Waals surface area contributed by atoms with E-state index >= 15 is 0 Å². The van der Waals surface area contributed by atoms with Crippen LogP contribution in [0.1, 0.15) is 27.2 Å². The van der Waals surface area contributed by atoms with Gasteiger partial charge in [0.1, 0.15) is 16.5 Å². The van der Waals surface area contributed by atoms with Crippen molar-refractivity contribution in [2.45, 2.75) is 51.4 Å². The molecule has 6 heteroatoms. The van der Waals surface area contributed by atoms with Crippen molar-refractivity contribution in [3.8, 4) is 0 Å². The highest BCUT2D eigenvalue weighted by Crippen LogP contribution is 2.38. The molecule has 2 rings (SSSR count). The predicted molar refractivity (Wildman–Crippen MR) is 91.0 cm³/mol. The van der Waals surface area contributed by atoms with Gasteiger partial charge in [0, 0.05) is 6.54 Å². The van der Waals surface area contributed by atoms with Crippen LogP contribution in [0.3, 0.4) is 0 Å². The number of carbonyl (C=O) groups excluding carboxylic acids is 1. The molecule has 0 bridgehead atoms. The molecule has 0 spiro atoms. The van der Waals surface area contributed by atoms with Gasteiger partial charge in [0.25, 0.3) is 5.91 Å². The fraction of sp³-hybridized carbons (Fsp3) is 0.600. The van der Waals surface area contributed by atoms with E-state index in [0.29, 0.717) is 12.4 Å². The quantitative estimate of drug-likeness (QED) is 0.596. The van der Waals surface area contributed by atoms with Crippen LogP contribution >= 0.6 is 15.9 Å². The molecule has 1 fully saturated rings. The van der Waals surface area contributed by atoms with Crippen LogP contribution in [0.5, 0.6) is 0 Å². The maximum Gasteiger partial charge on any atom is 0.256 e. The Morgan fingerprint density at radius 2 is 2.05 bits per heavy atom. The van der Waals surface area contributed by atoms with E-state index in [1.807, 2.05) is 18.2 Å². The van der Waals surface area contributed by atoms with E-state index in [2.05, 4.69) is 54.8 Å². The number of aromatic nitrogens is 1. The van der Waals surface area contributed by atoms with E-state index in [1.54, 1.807) is 4.90 Å². The Hall–Kier alpha value is -0.723. The normalized spacial score (nSPS) is 20.2. The summed E-state index contributed by atoms with van der Waals surface area (Å²) in [5.41, 5.74) is 0. The van der Waals surface area contributed by atoms with Crippen molar-refractivity contribution in [3.05, 3.63) is 22.8 Å². The first-order valence-electron chi connectivity index (χ1n) is 7.23. The molecular weight excluding hydrogens is 348 g/mol. The van der Waals surface area contributed by atoms with Gasteiger partial charge in [0.2, 0.25) is 0 Å². The fourth-order valence-corrected chi connectivity index (χ4v) is 3.69. The monoisotopic (exact) mass is 370 g/mol. The lowest BCUT2D eigenvalue weighted by Crippen LogP contribution is -2.46. The smallest absolute Gasteiger partial charge is 0.256 e. The first-order chi connectivity index (χ1) is 9.62. The summed E-state index contributed by atoms with van der Waals surface area (Å²) in [4.78, 5) is 18.7. The predicted octanol–water partition coefficient (Wildman–Crippen LogP) is 3.97. The molecule has 1 aliphatic heterocycles. The molecule has 1 saturated heterocycles. The van der Waals surface area contributed by atoms with Gasteiger partial charge in [0.15, 0.2) is 8.32 Å². The summed E-state index contributed by atoms with van der Waals surface area (Å²) in [5, 5.41) is 0.106. The van der Waals surface area contributed by atoms with Gasteiger partial charge in [-0.15, -0.1) is 0 Å². The summed E-state index contributed by atoms with van der Waals surface area (Å²) in [6, 6.07) is 5.60. The summed E-state index contributed by atoms with van der Waals surface area (Å²) in [6.45, 7) is 11.6. The van der Waals surface area contributed by atoms with Crippen molar-refractivity contribution in [1.29, 1.82) is 0 Å². The van der Waals surface area contributed by atoms with Crippen LogP contribution in [0.4, 0.5) is 5.82 Å². The van der Waals surface area contributed by atoms with Gasteiger partial charge in [0.05, 0.1) is 0 Å². The molecule has 1 amide bonds. The number of anilines is 1. The highest BCUT2D eigenvalue weighted by atomic mass is 79.9. The van der Waals surface area contributed by atoms with Crippen molar-refractivity contribution < 1.29 is 9.22 Å². The van der Waals surface area contributed by atoms with E-state index in [1.165, 1.54) is 0 Å². The second kappa shape index (κ2) is 5.82. The number of nitrogens with zero attached hydrogens (tertiary/aromatic N) is 2. The van der Waals surface area contributed by atoms with Gasteiger partial charge in [-0.05, 0) is 52.6 Å². The number of halogens is 1. The molecule has 1 aliphatic rings. The van der Waals surface area contributed by atoms with Gasteiger partial charge in [-0.1, -0.05) is 26.8 Å². The van der Waals surface area contributed by atoms with Crippen molar-refractivity contribution in [3.63, 3.8) is 0 Å². The molecule has 0 radical (unpaired) electrons. The van der Waals surface area contributed by atoms with E-state index in [0.717, 1.165) is 11.0 Å². The number of hydrogen-bond acceptors (Lipinski definition) is 3. The summed E-state index contributed by atoms with van der Waals surface area (Å²) in [5.74, 6) is 0.723. The lowest BCUT2D eigenvalue weighted by atomic mass is 10.2. The van der Waals surface area contributed by atoms with Crippen LogP contribution in [-0.2, 0) is 9.22 Å². The standard InChI is InChI=1S/C15H23BrN2O2Si/c1-15(2,3)21(4,5)20-11-9-10-18(14(11)19)13-8-6-7-12(16)17-13/h6-8,11H,9-10H2,1-5H3/t11-/m0/s1. The zero-order chi connectivity index (χ0) is 15.8. The minimum Gasteiger partial charge on any atom is -0.405 e.